The minimum Gasteiger partial charge on any atom is -0.398 e. The van der Waals surface area contributed by atoms with Crippen molar-refractivity contribution in [3.8, 4) is 11.4 Å². The average Bonchev–Trinajstić information content (AvgIpc) is 3.05. The standard InChI is InChI=1S/C14H18ClN5/c1-9(2)14(5-6-14)8-20-13(17-18-19-20)10-3-4-11(15)12(16)7-10/h3-4,7,9H,5-6,8,16H2,1-2H3. The zero-order chi connectivity index (χ0) is 14.3. The largest absolute Gasteiger partial charge is 0.398 e. The molecule has 2 aromatic rings. The van der Waals surface area contributed by atoms with Crippen LogP contribution in [0.4, 0.5) is 5.69 Å². The van der Waals surface area contributed by atoms with Crippen molar-refractivity contribution in [2.75, 3.05) is 5.73 Å². The zero-order valence-corrected chi connectivity index (χ0v) is 12.4. The van der Waals surface area contributed by atoms with Crippen LogP contribution in [0.1, 0.15) is 26.7 Å². The summed E-state index contributed by atoms with van der Waals surface area (Å²) in [7, 11) is 0. The predicted octanol–water partition coefficient (Wildman–Crippen LogP) is 3.01. The Bertz CT molecular complexity index is 630. The van der Waals surface area contributed by atoms with Crippen LogP contribution in [-0.2, 0) is 6.54 Å². The van der Waals surface area contributed by atoms with Crippen molar-refractivity contribution in [2.24, 2.45) is 11.3 Å². The quantitative estimate of drug-likeness (QED) is 0.879. The van der Waals surface area contributed by atoms with Crippen molar-refractivity contribution >= 4 is 17.3 Å². The summed E-state index contributed by atoms with van der Waals surface area (Å²) in [4.78, 5) is 0. The van der Waals surface area contributed by atoms with Crippen molar-refractivity contribution in [1.29, 1.82) is 0 Å². The van der Waals surface area contributed by atoms with Gasteiger partial charge in [0, 0.05) is 5.56 Å². The molecule has 1 fully saturated rings. The van der Waals surface area contributed by atoms with Crippen LogP contribution in [0.5, 0.6) is 0 Å². The number of rotatable bonds is 4. The fourth-order valence-corrected chi connectivity index (χ4v) is 2.70. The summed E-state index contributed by atoms with van der Waals surface area (Å²) in [5, 5.41) is 12.6. The van der Waals surface area contributed by atoms with Gasteiger partial charge in [-0.15, -0.1) is 5.10 Å². The third-order valence-electron chi connectivity index (χ3n) is 4.37. The molecular formula is C14H18ClN5. The van der Waals surface area contributed by atoms with Crippen LogP contribution in [0.25, 0.3) is 11.4 Å². The molecule has 1 aromatic heterocycles. The smallest absolute Gasteiger partial charge is 0.182 e. The summed E-state index contributed by atoms with van der Waals surface area (Å²) in [6.45, 7) is 5.38. The van der Waals surface area contributed by atoms with Gasteiger partial charge in [0.25, 0.3) is 0 Å². The van der Waals surface area contributed by atoms with E-state index in [1.165, 1.54) is 12.8 Å². The van der Waals surface area contributed by atoms with Crippen LogP contribution in [0.3, 0.4) is 0 Å². The number of nitrogens with two attached hydrogens (primary N) is 1. The molecule has 0 atom stereocenters. The van der Waals surface area contributed by atoms with E-state index in [0.29, 0.717) is 22.0 Å². The SMILES string of the molecule is CC(C)C1(Cn2nnnc2-c2ccc(Cl)c(N)c2)CC1. The molecule has 2 N–H and O–H groups in total. The fourth-order valence-electron chi connectivity index (χ4n) is 2.58. The van der Waals surface area contributed by atoms with Gasteiger partial charge >= 0.3 is 0 Å². The fraction of sp³-hybridized carbons (Fsp3) is 0.500. The van der Waals surface area contributed by atoms with E-state index in [0.717, 1.165) is 17.9 Å². The topological polar surface area (TPSA) is 69.6 Å². The highest BCUT2D eigenvalue weighted by Gasteiger charge is 2.46. The summed E-state index contributed by atoms with van der Waals surface area (Å²) in [6.07, 6.45) is 2.49. The van der Waals surface area contributed by atoms with Gasteiger partial charge in [0.2, 0.25) is 0 Å². The number of hydrogen-bond donors (Lipinski definition) is 1. The number of nitrogens with zero attached hydrogens (tertiary/aromatic N) is 4. The number of halogens is 1. The molecule has 1 heterocycles. The Morgan fingerprint density at radius 3 is 2.75 bits per heavy atom. The van der Waals surface area contributed by atoms with E-state index in [-0.39, 0.29) is 0 Å². The second-order valence-electron chi connectivity index (χ2n) is 5.91. The molecule has 0 radical (unpaired) electrons. The van der Waals surface area contributed by atoms with Crippen molar-refractivity contribution in [1.82, 2.24) is 20.2 Å². The van der Waals surface area contributed by atoms with Crippen molar-refractivity contribution in [2.45, 2.75) is 33.2 Å². The van der Waals surface area contributed by atoms with E-state index in [1.807, 2.05) is 16.8 Å². The van der Waals surface area contributed by atoms with Gasteiger partial charge in [-0.25, -0.2) is 4.68 Å². The number of nitrogen functional groups attached to an aromatic ring is 1. The Kier molecular flexibility index (Phi) is 3.17. The first kappa shape index (κ1) is 13.4. The lowest BCUT2D eigenvalue weighted by Crippen LogP contribution is -2.19. The van der Waals surface area contributed by atoms with Crippen LogP contribution in [0.2, 0.25) is 5.02 Å². The molecule has 6 heteroatoms. The van der Waals surface area contributed by atoms with Crippen LogP contribution < -0.4 is 5.73 Å². The van der Waals surface area contributed by atoms with Crippen LogP contribution in [0, 0.1) is 11.3 Å². The average molecular weight is 292 g/mol. The molecule has 0 bridgehead atoms. The van der Waals surface area contributed by atoms with Gasteiger partial charge in [-0.05, 0) is 52.8 Å². The number of anilines is 1. The third-order valence-corrected chi connectivity index (χ3v) is 4.71. The number of tetrazole rings is 1. The Morgan fingerprint density at radius 2 is 2.15 bits per heavy atom. The molecule has 0 amide bonds. The van der Waals surface area contributed by atoms with Gasteiger partial charge in [-0.2, -0.15) is 0 Å². The maximum Gasteiger partial charge on any atom is 0.182 e. The van der Waals surface area contributed by atoms with Gasteiger partial charge < -0.3 is 5.73 Å². The normalized spacial score (nSPS) is 16.6. The predicted molar refractivity (Wildman–Crippen MR) is 79.2 cm³/mol. The number of benzene rings is 1. The van der Waals surface area contributed by atoms with Crippen LogP contribution in [0.15, 0.2) is 18.2 Å². The maximum absolute atomic E-state index is 5.96. The second kappa shape index (κ2) is 4.74. The van der Waals surface area contributed by atoms with E-state index in [9.17, 15) is 0 Å². The molecule has 0 saturated heterocycles. The monoisotopic (exact) mass is 291 g/mol. The summed E-state index contributed by atoms with van der Waals surface area (Å²) in [5.41, 5.74) is 7.65. The minimum atomic E-state index is 0.349. The molecule has 0 aliphatic heterocycles. The molecule has 0 spiro atoms. The molecule has 1 aliphatic rings. The van der Waals surface area contributed by atoms with Crippen LogP contribution in [-0.4, -0.2) is 20.2 Å². The Morgan fingerprint density at radius 1 is 1.40 bits per heavy atom. The van der Waals surface area contributed by atoms with Gasteiger partial charge in [-0.3, -0.25) is 0 Å². The first-order valence-electron chi connectivity index (χ1n) is 6.83. The highest BCUT2D eigenvalue weighted by molar-refractivity contribution is 6.33. The van der Waals surface area contributed by atoms with Crippen molar-refractivity contribution in [3.63, 3.8) is 0 Å². The van der Waals surface area contributed by atoms with Gasteiger partial charge in [-0.1, -0.05) is 25.4 Å². The summed E-state index contributed by atoms with van der Waals surface area (Å²) < 4.78 is 1.88. The van der Waals surface area contributed by atoms with Crippen molar-refractivity contribution < 1.29 is 0 Å². The van der Waals surface area contributed by atoms with Crippen LogP contribution >= 0.6 is 11.6 Å². The Hall–Kier alpha value is -1.62. The van der Waals surface area contributed by atoms with E-state index >= 15 is 0 Å². The molecule has 20 heavy (non-hydrogen) atoms. The second-order valence-corrected chi connectivity index (χ2v) is 6.32. The molecule has 1 saturated carbocycles. The third kappa shape index (κ3) is 2.26. The van der Waals surface area contributed by atoms with Crippen molar-refractivity contribution in [3.05, 3.63) is 23.2 Å². The first-order chi connectivity index (χ1) is 9.52. The lowest BCUT2D eigenvalue weighted by atomic mass is 9.92. The maximum atomic E-state index is 5.96. The van der Waals surface area contributed by atoms with Gasteiger partial charge in [0.05, 0.1) is 17.3 Å². The summed E-state index contributed by atoms with van der Waals surface area (Å²) >= 11 is 5.96. The molecule has 1 aromatic carbocycles. The Balaban J connectivity index is 1.92. The molecule has 5 nitrogen and oxygen atoms in total. The summed E-state index contributed by atoms with van der Waals surface area (Å²) in [6, 6.07) is 5.50. The molecular weight excluding hydrogens is 274 g/mol. The van der Waals surface area contributed by atoms with E-state index < -0.39 is 0 Å². The van der Waals surface area contributed by atoms with E-state index in [4.69, 9.17) is 17.3 Å². The lowest BCUT2D eigenvalue weighted by molar-refractivity contribution is 0.294. The van der Waals surface area contributed by atoms with Gasteiger partial charge in [0.15, 0.2) is 5.82 Å². The zero-order valence-electron chi connectivity index (χ0n) is 11.7. The van der Waals surface area contributed by atoms with Gasteiger partial charge in [0.1, 0.15) is 0 Å². The summed E-state index contributed by atoms with van der Waals surface area (Å²) in [5.74, 6) is 1.38. The van der Waals surface area contributed by atoms with E-state index in [2.05, 4.69) is 29.4 Å². The molecule has 3 rings (SSSR count). The Labute approximate surface area is 123 Å². The molecule has 106 valence electrons. The highest BCUT2D eigenvalue weighted by Crippen LogP contribution is 2.53. The van der Waals surface area contributed by atoms with E-state index in [1.54, 1.807) is 6.07 Å². The minimum absolute atomic E-state index is 0.349. The first-order valence-corrected chi connectivity index (χ1v) is 7.21. The lowest BCUT2D eigenvalue weighted by Gasteiger charge is -2.19. The highest BCUT2D eigenvalue weighted by atomic mass is 35.5. The molecule has 0 unspecified atom stereocenters. The number of aromatic nitrogens is 4. The molecule has 1 aliphatic carbocycles. The number of hydrogen-bond acceptors (Lipinski definition) is 4.